The van der Waals surface area contributed by atoms with Crippen LogP contribution in [-0.4, -0.2) is 17.9 Å². The number of rotatable bonds is 7. The summed E-state index contributed by atoms with van der Waals surface area (Å²) in [5, 5.41) is 8.56. The van der Waals surface area contributed by atoms with Crippen LogP contribution < -0.4 is 16.0 Å². The predicted octanol–water partition coefficient (Wildman–Crippen LogP) is 4.25. The number of amides is 2. The highest BCUT2D eigenvalue weighted by Crippen LogP contribution is 2.16. The van der Waals surface area contributed by atoms with Crippen molar-refractivity contribution < 1.29 is 14.0 Å². The zero-order valence-electron chi connectivity index (χ0n) is 15.2. The summed E-state index contributed by atoms with van der Waals surface area (Å²) in [6, 6.07) is 12.4. The summed E-state index contributed by atoms with van der Waals surface area (Å²) in [7, 11) is 0. The van der Waals surface area contributed by atoms with E-state index in [9.17, 15) is 14.0 Å². The lowest BCUT2D eigenvalue weighted by atomic mass is 10.1. The van der Waals surface area contributed by atoms with Gasteiger partial charge in [-0.25, -0.2) is 4.39 Å². The van der Waals surface area contributed by atoms with Crippen molar-refractivity contribution in [2.75, 3.05) is 16.0 Å². The van der Waals surface area contributed by atoms with Crippen molar-refractivity contribution in [2.45, 2.75) is 33.2 Å². The van der Waals surface area contributed by atoms with E-state index in [0.29, 0.717) is 23.7 Å². The van der Waals surface area contributed by atoms with E-state index in [1.165, 1.54) is 18.2 Å². The molecule has 5 nitrogen and oxygen atoms in total. The largest absolute Gasteiger partial charge is 0.374 e. The molecule has 0 saturated heterocycles. The number of hydrogen-bond donors (Lipinski definition) is 3. The predicted molar refractivity (Wildman–Crippen MR) is 103 cm³/mol. The molecule has 2 aromatic carbocycles. The molecule has 3 N–H and O–H groups in total. The Hall–Kier alpha value is -2.89. The molecule has 1 atom stereocenters. The maximum atomic E-state index is 13.2. The molecule has 0 radical (unpaired) electrons. The van der Waals surface area contributed by atoms with Crippen molar-refractivity contribution in [1.29, 1.82) is 0 Å². The fraction of sp³-hybridized carbons (Fsp3) is 0.300. The number of nitrogens with one attached hydrogen (secondary N) is 3. The fourth-order valence-electron chi connectivity index (χ4n) is 2.36. The van der Waals surface area contributed by atoms with Crippen LogP contribution >= 0.6 is 0 Å². The lowest BCUT2D eigenvalue weighted by Gasteiger charge is -2.16. The molecule has 2 aromatic rings. The molecule has 0 spiro atoms. The summed E-state index contributed by atoms with van der Waals surface area (Å²) >= 11 is 0. The van der Waals surface area contributed by atoms with Crippen LogP contribution in [0.2, 0.25) is 0 Å². The van der Waals surface area contributed by atoms with Crippen molar-refractivity contribution in [3.63, 3.8) is 0 Å². The van der Waals surface area contributed by atoms with Gasteiger partial charge in [0.2, 0.25) is 11.8 Å². The molecule has 0 heterocycles. The SMILES string of the molecule is CC(C)CC(=O)Nc1ccc(NC(C)C(=O)Nc2cccc(F)c2)cc1. The third kappa shape index (κ3) is 6.20. The van der Waals surface area contributed by atoms with Crippen molar-refractivity contribution in [3.8, 4) is 0 Å². The average Bonchev–Trinajstić information content (AvgIpc) is 2.55. The summed E-state index contributed by atoms with van der Waals surface area (Å²) in [4.78, 5) is 24.0. The number of anilines is 3. The van der Waals surface area contributed by atoms with Crippen LogP contribution in [0.3, 0.4) is 0 Å². The van der Waals surface area contributed by atoms with E-state index >= 15 is 0 Å². The number of halogens is 1. The zero-order chi connectivity index (χ0) is 19.1. The maximum Gasteiger partial charge on any atom is 0.246 e. The highest BCUT2D eigenvalue weighted by Gasteiger charge is 2.13. The average molecular weight is 357 g/mol. The second-order valence-corrected chi connectivity index (χ2v) is 6.59. The van der Waals surface area contributed by atoms with Gasteiger partial charge in [-0.2, -0.15) is 0 Å². The minimum atomic E-state index is -0.514. The van der Waals surface area contributed by atoms with Crippen molar-refractivity contribution in [2.24, 2.45) is 5.92 Å². The van der Waals surface area contributed by atoms with Gasteiger partial charge in [0, 0.05) is 23.5 Å². The van der Waals surface area contributed by atoms with Crippen LogP contribution in [0.5, 0.6) is 0 Å². The van der Waals surface area contributed by atoms with Crippen LogP contribution in [0.1, 0.15) is 27.2 Å². The third-order valence-electron chi connectivity index (χ3n) is 3.63. The van der Waals surface area contributed by atoms with E-state index in [2.05, 4.69) is 16.0 Å². The molecule has 0 bridgehead atoms. The molecule has 2 amide bonds. The Morgan fingerprint density at radius 2 is 1.58 bits per heavy atom. The third-order valence-corrected chi connectivity index (χ3v) is 3.63. The summed E-state index contributed by atoms with van der Waals surface area (Å²) in [6.45, 7) is 5.69. The molecule has 0 saturated carbocycles. The fourth-order valence-corrected chi connectivity index (χ4v) is 2.36. The van der Waals surface area contributed by atoms with E-state index in [1.807, 2.05) is 13.8 Å². The summed E-state index contributed by atoms with van der Waals surface area (Å²) in [5.41, 5.74) is 1.86. The van der Waals surface area contributed by atoms with Crippen LogP contribution in [0.4, 0.5) is 21.5 Å². The molecular weight excluding hydrogens is 333 g/mol. The Bertz CT molecular complexity index is 760. The Kier molecular flexibility index (Phi) is 6.72. The molecule has 6 heteroatoms. The lowest BCUT2D eigenvalue weighted by Crippen LogP contribution is -2.31. The first-order valence-corrected chi connectivity index (χ1v) is 8.56. The maximum absolute atomic E-state index is 13.2. The summed E-state index contributed by atoms with van der Waals surface area (Å²) in [6.07, 6.45) is 0.470. The Labute approximate surface area is 153 Å². The number of hydrogen-bond acceptors (Lipinski definition) is 3. The Balaban J connectivity index is 1.89. The van der Waals surface area contributed by atoms with Gasteiger partial charge in [0.15, 0.2) is 0 Å². The van der Waals surface area contributed by atoms with Gasteiger partial charge in [0.1, 0.15) is 11.9 Å². The Morgan fingerprint density at radius 3 is 2.19 bits per heavy atom. The van der Waals surface area contributed by atoms with Gasteiger partial charge in [-0.1, -0.05) is 19.9 Å². The van der Waals surface area contributed by atoms with E-state index in [0.717, 1.165) is 5.69 Å². The second-order valence-electron chi connectivity index (χ2n) is 6.59. The van der Waals surface area contributed by atoms with Crippen LogP contribution in [0.15, 0.2) is 48.5 Å². The molecule has 0 aromatic heterocycles. The topological polar surface area (TPSA) is 70.2 Å². The van der Waals surface area contributed by atoms with E-state index in [-0.39, 0.29) is 11.8 Å². The van der Waals surface area contributed by atoms with Crippen LogP contribution in [0.25, 0.3) is 0 Å². The molecule has 2 rings (SSSR count). The lowest BCUT2D eigenvalue weighted by molar-refractivity contribution is -0.117. The first kappa shape index (κ1) is 19.4. The molecule has 0 aliphatic rings. The summed E-state index contributed by atoms with van der Waals surface area (Å²) < 4.78 is 13.2. The van der Waals surface area contributed by atoms with Crippen LogP contribution in [-0.2, 0) is 9.59 Å². The minimum absolute atomic E-state index is 0.0245. The molecule has 0 aliphatic heterocycles. The van der Waals surface area contributed by atoms with Gasteiger partial charge in [-0.15, -0.1) is 0 Å². The van der Waals surface area contributed by atoms with Crippen molar-refractivity contribution >= 4 is 28.9 Å². The van der Waals surface area contributed by atoms with E-state index < -0.39 is 11.9 Å². The van der Waals surface area contributed by atoms with Gasteiger partial charge in [0.05, 0.1) is 0 Å². The quantitative estimate of drug-likeness (QED) is 0.694. The first-order chi connectivity index (χ1) is 12.3. The number of benzene rings is 2. The highest BCUT2D eigenvalue weighted by atomic mass is 19.1. The normalized spacial score (nSPS) is 11.7. The van der Waals surface area contributed by atoms with Crippen LogP contribution in [0, 0.1) is 11.7 Å². The monoisotopic (exact) mass is 357 g/mol. The van der Waals surface area contributed by atoms with E-state index in [1.54, 1.807) is 37.3 Å². The second kappa shape index (κ2) is 8.99. The van der Waals surface area contributed by atoms with Gasteiger partial charge in [0.25, 0.3) is 0 Å². The number of carbonyl (C=O) groups excluding carboxylic acids is 2. The van der Waals surface area contributed by atoms with Crippen molar-refractivity contribution in [3.05, 3.63) is 54.3 Å². The van der Waals surface area contributed by atoms with E-state index in [4.69, 9.17) is 0 Å². The molecule has 138 valence electrons. The van der Waals surface area contributed by atoms with Gasteiger partial charge in [-0.3, -0.25) is 9.59 Å². The molecular formula is C20H24FN3O2. The minimum Gasteiger partial charge on any atom is -0.374 e. The standard InChI is InChI=1S/C20H24FN3O2/c1-13(2)11-19(25)23-17-9-7-16(8-10-17)22-14(3)20(26)24-18-6-4-5-15(21)12-18/h4-10,12-14,22H,11H2,1-3H3,(H,23,25)(H,24,26). The Morgan fingerprint density at radius 1 is 0.923 bits per heavy atom. The summed E-state index contributed by atoms with van der Waals surface area (Å²) in [5.74, 6) is -0.402. The smallest absolute Gasteiger partial charge is 0.246 e. The molecule has 26 heavy (non-hydrogen) atoms. The van der Waals surface area contributed by atoms with Gasteiger partial charge in [-0.05, 0) is 55.3 Å². The number of carbonyl (C=O) groups is 2. The van der Waals surface area contributed by atoms with Gasteiger partial charge < -0.3 is 16.0 Å². The highest BCUT2D eigenvalue weighted by molar-refractivity contribution is 5.96. The van der Waals surface area contributed by atoms with Gasteiger partial charge >= 0.3 is 0 Å². The first-order valence-electron chi connectivity index (χ1n) is 8.56. The molecule has 0 fully saturated rings. The zero-order valence-corrected chi connectivity index (χ0v) is 15.2. The molecule has 1 unspecified atom stereocenters. The van der Waals surface area contributed by atoms with Crippen molar-refractivity contribution in [1.82, 2.24) is 0 Å². The molecule has 0 aliphatic carbocycles.